The number of amides is 1. The van der Waals surface area contributed by atoms with E-state index in [2.05, 4.69) is 12.2 Å². The van der Waals surface area contributed by atoms with E-state index in [1.165, 1.54) is 0 Å². The second-order valence-electron chi connectivity index (χ2n) is 4.27. The molecule has 0 aliphatic carbocycles. The molecular formula is C13H28N2O4. The van der Waals surface area contributed by atoms with E-state index in [0.29, 0.717) is 39.6 Å². The van der Waals surface area contributed by atoms with Crippen LogP contribution in [-0.2, 0) is 19.0 Å². The number of hydrogen-bond donors (Lipinski definition) is 2. The zero-order valence-corrected chi connectivity index (χ0v) is 12.2. The number of primary amides is 1. The van der Waals surface area contributed by atoms with Crippen LogP contribution in [0.15, 0.2) is 0 Å². The Labute approximate surface area is 116 Å². The molecule has 0 rings (SSSR count). The van der Waals surface area contributed by atoms with E-state index < -0.39 is 0 Å². The second kappa shape index (κ2) is 13.7. The average molecular weight is 276 g/mol. The summed E-state index contributed by atoms with van der Waals surface area (Å²) in [5.74, 6) is -0.355. The molecule has 3 N–H and O–H groups in total. The molecule has 19 heavy (non-hydrogen) atoms. The summed E-state index contributed by atoms with van der Waals surface area (Å²) in [5.41, 5.74) is 5.10. The number of carbonyl (C=O) groups excluding carboxylic acids is 1. The molecule has 114 valence electrons. The molecule has 0 bridgehead atoms. The molecule has 0 aliphatic rings. The highest BCUT2D eigenvalue weighted by Gasteiger charge is 2.05. The molecule has 0 aromatic rings. The van der Waals surface area contributed by atoms with Crippen LogP contribution in [0.2, 0.25) is 0 Å². The molecule has 0 aromatic heterocycles. The minimum absolute atomic E-state index is 0.319. The van der Waals surface area contributed by atoms with Crippen LogP contribution >= 0.6 is 0 Å². The van der Waals surface area contributed by atoms with Gasteiger partial charge in [-0.25, -0.2) is 0 Å². The quantitative estimate of drug-likeness (QED) is 0.446. The Balaban J connectivity index is 3.05. The summed E-state index contributed by atoms with van der Waals surface area (Å²) in [4.78, 5) is 10.7. The van der Waals surface area contributed by atoms with Crippen molar-refractivity contribution in [2.45, 2.75) is 32.7 Å². The molecule has 6 heteroatoms. The summed E-state index contributed by atoms with van der Waals surface area (Å²) in [7, 11) is 0. The average Bonchev–Trinajstić information content (AvgIpc) is 2.39. The first kappa shape index (κ1) is 18.3. The second-order valence-corrected chi connectivity index (χ2v) is 4.27. The zero-order valence-electron chi connectivity index (χ0n) is 12.2. The Morgan fingerprint density at radius 1 is 1.05 bits per heavy atom. The molecule has 1 amide bonds. The molecule has 0 spiro atoms. The van der Waals surface area contributed by atoms with Gasteiger partial charge in [0.2, 0.25) is 5.91 Å². The summed E-state index contributed by atoms with van der Waals surface area (Å²) in [6.45, 7) is 8.14. The minimum atomic E-state index is -0.355. The molecule has 1 atom stereocenters. The lowest BCUT2D eigenvalue weighted by Crippen LogP contribution is -2.40. The standard InChI is InChI=1S/C13H28N2O4/c1-3-4-6-17-8-10-19-11-9-18-7-5-15-12(2)13(14)16/h12,15H,3-11H2,1-2H3,(H2,14,16). The normalized spacial score (nSPS) is 12.5. The first-order valence-electron chi connectivity index (χ1n) is 6.94. The van der Waals surface area contributed by atoms with Crippen LogP contribution in [0.25, 0.3) is 0 Å². The van der Waals surface area contributed by atoms with Gasteiger partial charge in [0.15, 0.2) is 0 Å². The van der Waals surface area contributed by atoms with Crippen LogP contribution in [0.5, 0.6) is 0 Å². The molecule has 0 saturated carbocycles. The minimum Gasteiger partial charge on any atom is -0.379 e. The van der Waals surface area contributed by atoms with Crippen LogP contribution in [0.4, 0.5) is 0 Å². The Hall–Kier alpha value is -0.690. The maximum atomic E-state index is 10.7. The lowest BCUT2D eigenvalue weighted by molar-refractivity contribution is -0.119. The van der Waals surface area contributed by atoms with Crippen molar-refractivity contribution in [3.8, 4) is 0 Å². The highest BCUT2D eigenvalue weighted by atomic mass is 16.5. The number of carbonyl (C=O) groups is 1. The lowest BCUT2D eigenvalue weighted by atomic mass is 10.3. The molecule has 0 aliphatic heterocycles. The number of nitrogens with one attached hydrogen (secondary N) is 1. The Bertz CT molecular complexity index is 215. The van der Waals surface area contributed by atoms with Crippen LogP contribution in [0, 0.1) is 0 Å². The van der Waals surface area contributed by atoms with Crippen LogP contribution < -0.4 is 11.1 Å². The third-order valence-corrected chi connectivity index (χ3v) is 2.51. The van der Waals surface area contributed by atoms with Gasteiger partial charge in [-0.15, -0.1) is 0 Å². The van der Waals surface area contributed by atoms with E-state index in [-0.39, 0.29) is 11.9 Å². The zero-order chi connectivity index (χ0) is 14.3. The van der Waals surface area contributed by atoms with Gasteiger partial charge in [-0.3, -0.25) is 4.79 Å². The highest BCUT2D eigenvalue weighted by Crippen LogP contribution is 1.88. The van der Waals surface area contributed by atoms with Crippen molar-refractivity contribution in [1.29, 1.82) is 0 Å². The van der Waals surface area contributed by atoms with E-state index in [1.54, 1.807) is 6.92 Å². The van der Waals surface area contributed by atoms with Gasteiger partial charge in [0.25, 0.3) is 0 Å². The fourth-order valence-electron chi connectivity index (χ4n) is 1.24. The van der Waals surface area contributed by atoms with E-state index in [4.69, 9.17) is 19.9 Å². The molecule has 0 saturated heterocycles. The number of ether oxygens (including phenoxy) is 3. The Morgan fingerprint density at radius 2 is 1.58 bits per heavy atom. The molecule has 0 aromatic carbocycles. The van der Waals surface area contributed by atoms with Crippen LogP contribution in [-0.4, -0.2) is 58.1 Å². The van der Waals surface area contributed by atoms with Crippen molar-refractivity contribution in [3.05, 3.63) is 0 Å². The largest absolute Gasteiger partial charge is 0.379 e. The first-order valence-corrected chi connectivity index (χ1v) is 6.94. The van der Waals surface area contributed by atoms with Gasteiger partial charge < -0.3 is 25.3 Å². The molecule has 0 heterocycles. The van der Waals surface area contributed by atoms with E-state index in [0.717, 1.165) is 19.4 Å². The van der Waals surface area contributed by atoms with Gasteiger partial charge >= 0.3 is 0 Å². The highest BCUT2D eigenvalue weighted by molar-refractivity contribution is 5.79. The number of nitrogens with two attached hydrogens (primary N) is 1. The predicted molar refractivity (Wildman–Crippen MR) is 74.0 cm³/mol. The van der Waals surface area contributed by atoms with E-state index in [1.807, 2.05) is 0 Å². The number of rotatable bonds is 14. The van der Waals surface area contributed by atoms with Gasteiger partial charge in [0.1, 0.15) is 0 Å². The SMILES string of the molecule is CCCCOCCOCCOCCNC(C)C(N)=O. The summed E-state index contributed by atoms with van der Waals surface area (Å²) in [6, 6.07) is -0.319. The van der Waals surface area contributed by atoms with Crippen molar-refractivity contribution < 1.29 is 19.0 Å². The molecular weight excluding hydrogens is 248 g/mol. The first-order chi connectivity index (χ1) is 9.18. The Kier molecular flexibility index (Phi) is 13.2. The van der Waals surface area contributed by atoms with E-state index >= 15 is 0 Å². The van der Waals surface area contributed by atoms with Gasteiger partial charge in [-0.05, 0) is 13.3 Å². The van der Waals surface area contributed by atoms with Crippen molar-refractivity contribution >= 4 is 5.91 Å². The summed E-state index contributed by atoms with van der Waals surface area (Å²) in [6.07, 6.45) is 2.25. The van der Waals surface area contributed by atoms with Crippen LogP contribution in [0.3, 0.4) is 0 Å². The van der Waals surface area contributed by atoms with Gasteiger partial charge in [0, 0.05) is 13.2 Å². The summed E-state index contributed by atoms with van der Waals surface area (Å²) >= 11 is 0. The van der Waals surface area contributed by atoms with Crippen molar-refractivity contribution in [2.75, 3.05) is 46.2 Å². The van der Waals surface area contributed by atoms with E-state index in [9.17, 15) is 4.79 Å². The smallest absolute Gasteiger partial charge is 0.234 e. The van der Waals surface area contributed by atoms with Crippen molar-refractivity contribution in [1.82, 2.24) is 5.32 Å². The third-order valence-electron chi connectivity index (χ3n) is 2.51. The molecule has 0 radical (unpaired) electrons. The van der Waals surface area contributed by atoms with Gasteiger partial charge in [-0.1, -0.05) is 13.3 Å². The third kappa shape index (κ3) is 13.5. The van der Waals surface area contributed by atoms with Gasteiger partial charge in [0.05, 0.1) is 39.1 Å². The molecule has 1 unspecified atom stereocenters. The summed E-state index contributed by atoms with van der Waals surface area (Å²) in [5, 5.41) is 2.95. The van der Waals surface area contributed by atoms with Crippen molar-refractivity contribution in [2.24, 2.45) is 5.73 Å². The topological polar surface area (TPSA) is 82.8 Å². The maximum absolute atomic E-state index is 10.7. The van der Waals surface area contributed by atoms with Crippen LogP contribution in [0.1, 0.15) is 26.7 Å². The molecule has 0 fully saturated rings. The Morgan fingerprint density at radius 3 is 2.11 bits per heavy atom. The predicted octanol–water partition coefficient (Wildman–Crippen LogP) is 0.300. The maximum Gasteiger partial charge on any atom is 0.234 e. The van der Waals surface area contributed by atoms with Crippen molar-refractivity contribution in [3.63, 3.8) is 0 Å². The molecule has 6 nitrogen and oxygen atoms in total. The number of unbranched alkanes of at least 4 members (excludes halogenated alkanes) is 1. The van der Waals surface area contributed by atoms with Gasteiger partial charge in [-0.2, -0.15) is 0 Å². The lowest BCUT2D eigenvalue weighted by Gasteiger charge is -2.10. The monoisotopic (exact) mass is 276 g/mol. The number of hydrogen-bond acceptors (Lipinski definition) is 5. The summed E-state index contributed by atoms with van der Waals surface area (Å²) < 4.78 is 16.0. The fraction of sp³-hybridized carbons (Fsp3) is 0.923. The fourth-order valence-corrected chi connectivity index (χ4v) is 1.24.